The maximum Gasteiger partial charge on any atom is 0.254 e. The first kappa shape index (κ1) is 27.0. The number of aliphatic hydroxyl groups excluding tert-OH is 1. The van der Waals surface area contributed by atoms with E-state index in [1.165, 1.54) is 48.5 Å². The average Bonchev–Trinajstić information content (AvgIpc) is 3.30. The van der Waals surface area contributed by atoms with Crippen LogP contribution in [0.3, 0.4) is 0 Å². The molecule has 0 aliphatic carbocycles. The second-order valence-electron chi connectivity index (χ2n) is 10.9. The van der Waals surface area contributed by atoms with E-state index in [2.05, 4.69) is 0 Å². The SMILES string of the molecule is COc1ccc2c3c(n(C)c2c1)[C@H](CO)N(C(=O)c1ccc(F)cc1)CC31CCN(C(=O)c2ccc(F)cc2)CC1. The topological polar surface area (TPSA) is 75.0 Å². The fourth-order valence-corrected chi connectivity index (χ4v) is 6.65. The number of hydrogen-bond acceptors (Lipinski definition) is 4. The molecule has 2 aliphatic rings. The summed E-state index contributed by atoms with van der Waals surface area (Å²) >= 11 is 0. The van der Waals surface area contributed by atoms with Crippen LogP contribution in [0.5, 0.6) is 5.75 Å². The number of benzene rings is 3. The van der Waals surface area contributed by atoms with Gasteiger partial charge in [0.2, 0.25) is 0 Å². The molecule has 1 spiro atoms. The van der Waals surface area contributed by atoms with Gasteiger partial charge in [-0.3, -0.25) is 9.59 Å². The van der Waals surface area contributed by atoms with Gasteiger partial charge in [-0.25, -0.2) is 8.78 Å². The molecule has 3 heterocycles. The maximum atomic E-state index is 13.9. The van der Waals surface area contributed by atoms with Crippen LogP contribution in [0.25, 0.3) is 10.9 Å². The monoisotopic (exact) mass is 559 g/mol. The number of halogens is 2. The molecule has 41 heavy (non-hydrogen) atoms. The molecule has 2 aliphatic heterocycles. The molecule has 1 aromatic heterocycles. The van der Waals surface area contributed by atoms with Crippen LogP contribution in [-0.4, -0.2) is 64.6 Å². The molecule has 9 heteroatoms. The van der Waals surface area contributed by atoms with Crippen molar-refractivity contribution in [1.29, 1.82) is 0 Å². The van der Waals surface area contributed by atoms with Crippen molar-refractivity contribution >= 4 is 22.7 Å². The minimum atomic E-state index is -0.615. The second-order valence-corrected chi connectivity index (χ2v) is 10.9. The number of piperidine rings is 1. The smallest absolute Gasteiger partial charge is 0.254 e. The number of aromatic nitrogens is 1. The summed E-state index contributed by atoms with van der Waals surface area (Å²) in [7, 11) is 3.54. The van der Waals surface area contributed by atoms with Gasteiger partial charge >= 0.3 is 0 Å². The van der Waals surface area contributed by atoms with E-state index in [4.69, 9.17) is 4.74 Å². The Kier molecular flexibility index (Phi) is 6.77. The molecule has 7 nitrogen and oxygen atoms in total. The fraction of sp³-hybridized carbons (Fsp3) is 0.312. The summed E-state index contributed by atoms with van der Waals surface area (Å²) in [5, 5.41) is 11.7. The van der Waals surface area contributed by atoms with Crippen molar-refractivity contribution in [2.45, 2.75) is 24.3 Å². The average molecular weight is 560 g/mol. The van der Waals surface area contributed by atoms with E-state index in [1.807, 2.05) is 29.8 Å². The van der Waals surface area contributed by atoms with Crippen molar-refractivity contribution in [3.05, 3.63) is 101 Å². The lowest BCUT2D eigenvalue weighted by Crippen LogP contribution is -2.56. The van der Waals surface area contributed by atoms with Crippen molar-refractivity contribution in [2.75, 3.05) is 33.4 Å². The lowest BCUT2D eigenvalue weighted by molar-refractivity contribution is 0.0317. The number of carbonyl (C=O) groups excluding carboxylic acids is 2. The molecule has 0 bridgehead atoms. The molecule has 1 N–H and O–H groups in total. The molecule has 0 unspecified atom stereocenters. The van der Waals surface area contributed by atoms with E-state index in [-0.39, 0.29) is 18.4 Å². The summed E-state index contributed by atoms with van der Waals surface area (Å²) in [6, 6.07) is 16.3. The largest absolute Gasteiger partial charge is 0.497 e. The molecule has 4 aromatic rings. The molecule has 1 saturated heterocycles. The Hall–Kier alpha value is -4.24. The maximum absolute atomic E-state index is 13.9. The first-order valence-corrected chi connectivity index (χ1v) is 13.7. The number of methoxy groups -OCH3 is 1. The molecule has 1 fully saturated rings. The minimum absolute atomic E-state index is 0.161. The van der Waals surface area contributed by atoms with Crippen LogP contribution in [0, 0.1) is 11.6 Å². The van der Waals surface area contributed by atoms with Crippen molar-refractivity contribution in [3.63, 3.8) is 0 Å². The lowest BCUT2D eigenvalue weighted by Gasteiger charge is -2.50. The number of rotatable bonds is 4. The first-order chi connectivity index (χ1) is 19.8. The van der Waals surface area contributed by atoms with Gasteiger partial charge in [0.05, 0.1) is 25.3 Å². The van der Waals surface area contributed by atoms with Crippen molar-refractivity contribution in [3.8, 4) is 5.75 Å². The normalized spacial score (nSPS) is 18.0. The fourth-order valence-electron chi connectivity index (χ4n) is 6.65. The highest BCUT2D eigenvalue weighted by Gasteiger charge is 2.50. The molecule has 2 amide bonds. The van der Waals surface area contributed by atoms with E-state index < -0.39 is 23.1 Å². The Morgan fingerprint density at radius 2 is 1.51 bits per heavy atom. The standard InChI is InChI=1S/C32H31F2N3O4/c1-35-26-17-24(41-2)11-12-25(26)28-29(35)27(18-38)37(31(40)21-5-9-23(34)10-6-21)19-32(28)13-15-36(16-14-32)30(39)20-3-7-22(33)8-4-20/h3-12,17,27,38H,13-16,18-19H2,1-2H3/t27-/m0/s1. The Bertz CT molecular complexity index is 1620. The van der Waals surface area contributed by atoms with Gasteiger partial charge in [-0.05, 0) is 79.1 Å². The van der Waals surface area contributed by atoms with Crippen LogP contribution in [0.1, 0.15) is 50.9 Å². The number of aliphatic hydroxyl groups is 1. The predicted molar refractivity (Wildman–Crippen MR) is 150 cm³/mol. The van der Waals surface area contributed by atoms with Crippen LogP contribution in [0.15, 0.2) is 66.7 Å². The van der Waals surface area contributed by atoms with Gasteiger partial charge in [-0.2, -0.15) is 0 Å². The number of hydrogen-bond donors (Lipinski definition) is 1. The molecule has 6 rings (SSSR count). The van der Waals surface area contributed by atoms with Crippen LogP contribution in [0.4, 0.5) is 8.78 Å². The summed E-state index contributed by atoms with van der Waals surface area (Å²) < 4.78 is 34.6. The number of aryl methyl sites for hydroxylation is 1. The highest BCUT2D eigenvalue weighted by atomic mass is 19.1. The summed E-state index contributed by atoms with van der Waals surface area (Å²) in [4.78, 5) is 30.6. The van der Waals surface area contributed by atoms with Gasteiger partial charge in [0.15, 0.2) is 0 Å². The molecule has 1 atom stereocenters. The van der Waals surface area contributed by atoms with E-state index >= 15 is 0 Å². The molecule has 0 saturated carbocycles. The van der Waals surface area contributed by atoms with Gasteiger partial charge in [-0.1, -0.05) is 0 Å². The Labute approximate surface area is 236 Å². The van der Waals surface area contributed by atoms with E-state index in [1.54, 1.807) is 16.9 Å². The zero-order valence-corrected chi connectivity index (χ0v) is 22.9. The third-order valence-corrected chi connectivity index (χ3v) is 8.77. The quantitative estimate of drug-likeness (QED) is 0.389. The number of carbonyl (C=O) groups is 2. The number of ether oxygens (including phenoxy) is 1. The van der Waals surface area contributed by atoms with Crippen molar-refractivity contribution < 1.29 is 28.2 Å². The number of fused-ring (bicyclic) bond motifs is 4. The van der Waals surface area contributed by atoms with Gasteiger partial charge in [0.1, 0.15) is 17.4 Å². The van der Waals surface area contributed by atoms with Crippen LogP contribution < -0.4 is 4.74 Å². The third-order valence-electron chi connectivity index (χ3n) is 8.77. The Morgan fingerprint density at radius 3 is 2.07 bits per heavy atom. The van der Waals surface area contributed by atoms with Gasteiger partial charge in [0.25, 0.3) is 11.8 Å². The number of amides is 2. The van der Waals surface area contributed by atoms with Crippen LogP contribution in [0.2, 0.25) is 0 Å². The zero-order valence-electron chi connectivity index (χ0n) is 22.9. The lowest BCUT2D eigenvalue weighted by atomic mass is 9.68. The summed E-state index contributed by atoms with van der Waals surface area (Å²) in [5.74, 6) is -0.582. The van der Waals surface area contributed by atoms with Crippen LogP contribution >= 0.6 is 0 Å². The molecular weight excluding hydrogens is 528 g/mol. The highest BCUT2D eigenvalue weighted by Crippen LogP contribution is 2.50. The van der Waals surface area contributed by atoms with Gasteiger partial charge in [0, 0.05) is 60.4 Å². The van der Waals surface area contributed by atoms with E-state index in [0.717, 1.165) is 22.2 Å². The van der Waals surface area contributed by atoms with Crippen molar-refractivity contribution in [2.24, 2.45) is 7.05 Å². The Balaban J connectivity index is 1.43. The van der Waals surface area contributed by atoms with E-state index in [0.29, 0.717) is 49.4 Å². The summed E-state index contributed by atoms with van der Waals surface area (Å²) in [5.41, 5.74) is 3.12. The summed E-state index contributed by atoms with van der Waals surface area (Å²) in [6.45, 7) is 0.951. The second kappa shape index (κ2) is 10.3. The van der Waals surface area contributed by atoms with Gasteiger partial charge in [-0.15, -0.1) is 0 Å². The molecule has 212 valence electrons. The van der Waals surface area contributed by atoms with Crippen LogP contribution in [-0.2, 0) is 12.5 Å². The molecule has 3 aromatic carbocycles. The number of likely N-dealkylation sites (tertiary alicyclic amines) is 1. The molecular formula is C32H31F2N3O4. The van der Waals surface area contributed by atoms with Gasteiger partial charge < -0.3 is 24.2 Å². The minimum Gasteiger partial charge on any atom is -0.497 e. The number of nitrogens with zero attached hydrogens (tertiary/aromatic N) is 3. The molecule has 0 radical (unpaired) electrons. The third kappa shape index (κ3) is 4.44. The first-order valence-electron chi connectivity index (χ1n) is 13.7. The highest BCUT2D eigenvalue weighted by molar-refractivity contribution is 5.96. The summed E-state index contributed by atoms with van der Waals surface area (Å²) in [6.07, 6.45) is 1.17. The Morgan fingerprint density at radius 1 is 0.927 bits per heavy atom. The predicted octanol–water partition coefficient (Wildman–Crippen LogP) is 4.83. The zero-order chi connectivity index (χ0) is 28.9. The van der Waals surface area contributed by atoms with E-state index in [9.17, 15) is 23.5 Å². The van der Waals surface area contributed by atoms with Crippen molar-refractivity contribution in [1.82, 2.24) is 14.4 Å².